The van der Waals surface area contributed by atoms with Gasteiger partial charge in [-0.15, -0.1) is 0 Å². The number of hydrogen-bond acceptors (Lipinski definition) is 5. The largest absolute Gasteiger partial charge is 0.396 e. The molecule has 0 bridgehead atoms. The number of epoxide rings is 1. The Bertz CT molecular complexity index is 665. The maximum Gasteiger partial charge on any atom is 0.163 e. The highest BCUT2D eigenvalue weighted by atomic mass is 16.7. The van der Waals surface area contributed by atoms with Gasteiger partial charge in [0.1, 0.15) is 0 Å². The molecule has 0 aromatic heterocycles. The molecule has 2 heterocycles. The second-order valence-electron chi connectivity index (χ2n) is 11.8. The molecule has 9 atom stereocenters. The summed E-state index contributed by atoms with van der Waals surface area (Å²) in [6, 6.07) is 0. The summed E-state index contributed by atoms with van der Waals surface area (Å²) < 4.78 is 18.8. The number of aliphatic hydroxyl groups excluding tert-OH is 2. The zero-order valence-electron chi connectivity index (χ0n) is 18.2. The van der Waals surface area contributed by atoms with E-state index in [0.29, 0.717) is 24.9 Å². The third kappa shape index (κ3) is 2.43. The fourth-order valence-corrected chi connectivity index (χ4v) is 8.37. The number of ether oxygens (including phenoxy) is 3. The molecule has 5 fully saturated rings. The van der Waals surface area contributed by atoms with Gasteiger partial charge in [-0.05, 0) is 75.0 Å². The van der Waals surface area contributed by atoms with Crippen molar-refractivity contribution in [1.82, 2.24) is 0 Å². The van der Waals surface area contributed by atoms with Gasteiger partial charge in [0.05, 0.1) is 30.5 Å². The SMILES string of the molecule is CC1(C)OC[C@@H]([C@@]2(C)CC[C@@H]3C4(CC[C@@H]5[C@](C)(CO)C[C@@H](O)C[C@@]35C)OC42)O1. The van der Waals surface area contributed by atoms with Gasteiger partial charge < -0.3 is 24.4 Å². The molecular weight excluding hydrogens is 356 g/mol. The smallest absolute Gasteiger partial charge is 0.163 e. The van der Waals surface area contributed by atoms with Crippen molar-refractivity contribution < 1.29 is 24.4 Å². The number of rotatable bonds is 2. The Morgan fingerprint density at radius 1 is 0.893 bits per heavy atom. The topological polar surface area (TPSA) is 71.5 Å². The van der Waals surface area contributed by atoms with Crippen molar-refractivity contribution in [3.05, 3.63) is 0 Å². The normalized spacial score (nSPS) is 59.9. The minimum absolute atomic E-state index is 0.0129. The molecule has 160 valence electrons. The van der Waals surface area contributed by atoms with Gasteiger partial charge in [-0.25, -0.2) is 0 Å². The van der Waals surface area contributed by atoms with E-state index in [9.17, 15) is 10.2 Å². The number of hydrogen-bond donors (Lipinski definition) is 2. The molecule has 5 rings (SSSR count). The molecule has 0 aromatic carbocycles. The molecule has 2 aliphatic heterocycles. The lowest BCUT2D eigenvalue weighted by Crippen LogP contribution is -2.62. The Morgan fingerprint density at radius 2 is 1.61 bits per heavy atom. The Kier molecular flexibility index (Phi) is 4.04. The molecule has 2 unspecified atom stereocenters. The van der Waals surface area contributed by atoms with Gasteiger partial charge >= 0.3 is 0 Å². The average Bonchev–Trinajstić information content (AvgIpc) is 3.22. The summed E-state index contributed by atoms with van der Waals surface area (Å²) in [5.74, 6) is 0.392. The summed E-state index contributed by atoms with van der Waals surface area (Å²) >= 11 is 0. The first-order valence-corrected chi connectivity index (χ1v) is 11.3. The first-order chi connectivity index (χ1) is 13.0. The fraction of sp³-hybridized carbons (Fsp3) is 1.00. The van der Waals surface area contributed by atoms with Gasteiger partial charge in [-0.3, -0.25) is 0 Å². The van der Waals surface area contributed by atoms with E-state index in [1.165, 1.54) is 0 Å². The van der Waals surface area contributed by atoms with Crippen molar-refractivity contribution >= 4 is 0 Å². The second-order valence-corrected chi connectivity index (χ2v) is 11.8. The maximum atomic E-state index is 10.7. The highest BCUT2D eigenvalue weighted by Gasteiger charge is 2.77. The molecule has 3 saturated carbocycles. The molecule has 0 radical (unpaired) electrons. The Morgan fingerprint density at radius 3 is 2.25 bits per heavy atom. The highest BCUT2D eigenvalue weighted by molar-refractivity contribution is 5.25. The first-order valence-electron chi connectivity index (χ1n) is 11.3. The Labute approximate surface area is 169 Å². The summed E-state index contributed by atoms with van der Waals surface area (Å²) in [5.41, 5.74) is -0.246. The summed E-state index contributed by atoms with van der Waals surface area (Å²) in [6.07, 6.45) is 5.85. The zero-order valence-corrected chi connectivity index (χ0v) is 18.2. The van der Waals surface area contributed by atoms with Crippen molar-refractivity contribution in [2.75, 3.05) is 13.2 Å². The van der Waals surface area contributed by atoms with Crippen molar-refractivity contribution in [1.29, 1.82) is 0 Å². The molecule has 28 heavy (non-hydrogen) atoms. The zero-order chi connectivity index (χ0) is 20.2. The predicted molar refractivity (Wildman–Crippen MR) is 105 cm³/mol. The lowest BCUT2D eigenvalue weighted by molar-refractivity contribution is -0.174. The average molecular weight is 395 g/mol. The van der Waals surface area contributed by atoms with Crippen LogP contribution >= 0.6 is 0 Å². The van der Waals surface area contributed by atoms with Gasteiger partial charge in [0.2, 0.25) is 0 Å². The maximum absolute atomic E-state index is 10.7. The van der Waals surface area contributed by atoms with Crippen LogP contribution in [-0.2, 0) is 14.2 Å². The minimum Gasteiger partial charge on any atom is -0.396 e. The van der Waals surface area contributed by atoms with Crippen molar-refractivity contribution in [3.63, 3.8) is 0 Å². The van der Waals surface area contributed by atoms with Gasteiger partial charge in [-0.1, -0.05) is 20.8 Å². The van der Waals surface area contributed by atoms with Crippen LogP contribution in [-0.4, -0.2) is 53.1 Å². The van der Waals surface area contributed by atoms with E-state index in [4.69, 9.17) is 14.2 Å². The van der Waals surface area contributed by atoms with E-state index < -0.39 is 5.79 Å². The molecule has 5 nitrogen and oxygen atoms in total. The number of aliphatic hydroxyl groups is 2. The molecule has 0 aromatic rings. The van der Waals surface area contributed by atoms with Crippen LogP contribution in [0.25, 0.3) is 0 Å². The first kappa shape index (κ1) is 19.7. The van der Waals surface area contributed by atoms with Gasteiger partial charge in [0, 0.05) is 12.0 Å². The molecule has 5 heteroatoms. The van der Waals surface area contributed by atoms with E-state index in [1.54, 1.807) is 0 Å². The lowest BCUT2D eigenvalue weighted by atomic mass is 9.42. The third-order valence-corrected chi connectivity index (χ3v) is 9.62. The van der Waals surface area contributed by atoms with Crippen molar-refractivity contribution in [2.45, 2.75) is 103 Å². The molecule has 1 spiro atoms. The minimum atomic E-state index is -0.507. The second kappa shape index (κ2) is 5.73. The van der Waals surface area contributed by atoms with E-state index in [1.807, 2.05) is 13.8 Å². The van der Waals surface area contributed by atoms with Gasteiger partial charge in [0.25, 0.3) is 0 Å². The fourth-order valence-electron chi connectivity index (χ4n) is 8.37. The number of fused-ring (bicyclic) bond motifs is 2. The lowest BCUT2D eigenvalue weighted by Gasteiger charge is -2.62. The standard InChI is InChI=1S/C23H38O5/c1-19(2)26-12-17(27-19)21(4)8-6-16-22(5)11-14(25)10-20(3,13-24)15(22)7-9-23(16)18(21)28-23/h14-18,24-25H,6-13H2,1-5H3/t14-,15-,16+,17+,18?,20+,21-,22-,23?/m1/s1. The monoisotopic (exact) mass is 394 g/mol. The van der Waals surface area contributed by atoms with E-state index in [-0.39, 0.29) is 46.8 Å². The molecule has 5 aliphatic rings. The van der Waals surface area contributed by atoms with E-state index in [2.05, 4.69) is 20.8 Å². The van der Waals surface area contributed by atoms with Crippen LogP contribution in [0.3, 0.4) is 0 Å². The van der Waals surface area contributed by atoms with Gasteiger partial charge in [-0.2, -0.15) is 0 Å². The van der Waals surface area contributed by atoms with Crippen LogP contribution in [0.2, 0.25) is 0 Å². The van der Waals surface area contributed by atoms with E-state index >= 15 is 0 Å². The molecule has 0 amide bonds. The Balaban J connectivity index is 1.44. The van der Waals surface area contributed by atoms with Crippen LogP contribution < -0.4 is 0 Å². The van der Waals surface area contributed by atoms with Crippen LogP contribution in [0.1, 0.15) is 73.1 Å². The summed E-state index contributed by atoms with van der Waals surface area (Å²) in [7, 11) is 0. The summed E-state index contributed by atoms with van der Waals surface area (Å²) in [5, 5.41) is 20.9. The van der Waals surface area contributed by atoms with Crippen LogP contribution in [0.4, 0.5) is 0 Å². The molecule has 2 N–H and O–H groups in total. The quantitative estimate of drug-likeness (QED) is 0.704. The van der Waals surface area contributed by atoms with E-state index in [0.717, 1.165) is 32.1 Å². The molecule has 3 aliphatic carbocycles. The molecular formula is C23H38O5. The van der Waals surface area contributed by atoms with Crippen LogP contribution in [0.5, 0.6) is 0 Å². The Hall–Kier alpha value is -0.200. The van der Waals surface area contributed by atoms with Crippen molar-refractivity contribution in [2.24, 2.45) is 28.1 Å². The van der Waals surface area contributed by atoms with Crippen LogP contribution in [0.15, 0.2) is 0 Å². The summed E-state index contributed by atoms with van der Waals surface area (Å²) in [6.45, 7) is 11.7. The van der Waals surface area contributed by atoms with Gasteiger partial charge in [0.15, 0.2) is 5.79 Å². The highest BCUT2D eigenvalue weighted by Crippen LogP contribution is 2.73. The molecule has 2 saturated heterocycles. The third-order valence-electron chi connectivity index (χ3n) is 9.62. The predicted octanol–water partition coefficient (Wildman–Crippen LogP) is 3.26. The summed E-state index contributed by atoms with van der Waals surface area (Å²) in [4.78, 5) is 0. The van der Waals surface area contributed by atoms with Crippen LogP contribution in [0, 0.1) is 28.1 Å². The van der Waals surface area contributed by atoms with Crippen molar-refractivity contribution in [3.8, 4) is 0 Å².